The molecule has 0 radical (unpaired) electrons. The maximum atomic E-state index is 13.7. The molecular formula is C24H15F5N2O4S2. The number of sulfonamides is 1. The highest BCUT2D eigenvalue weighted by atomic mass is 32.2. The number of halogens is 5. The molecule has 0 aliphatic carbocycles. The van der Waals surface area contributed by atoms with Crippen LogP contribution in [-0.4, -0.2) is 30.5 Å². The Balaban J connectivity index is 1.51. The number of fused-ring (bicyclic) bond motifs is 1. The summed E-state index contributed by atoms with van der Waals surface area (Å²) in [5.41, 5.74) is -0.0647. The summed E-state index contributed by atoms with van der Waals surface area (Å²) in [5, 5.41) is 9.79. The molecule has 1 unspecified atom stereocenters. The fraction of sp³-hybridized carbons (Fsp3) is 0.125. The Kier molecular flexibility index (Phi) is 7.09. The number of benzene rings is 2. The van der Waals surface area contributed by atoms with Crippen LogP contribution in [-0.2, 0) is 27.4 Å². The zero-order valence-electron chi connectivity index (χ0n) is 18.4. The summed E-state index contributed by atoms with van der Waals surface area (Å²) in [7, 11) is -4.31. The fourth-order valence-electron chi connectivity index (χ4n) is 3.40. The predicted molar refractivity (Wildman–Crippen MR) is 125 cm³/mol. The number of aromatic amines is 1. The van der Waals surface area contributed by atoms with Gasteiger partial charge in [0.05, 0.1) is 10.4 Å². The predicted octanol–water partition coefficient (Wildman–Crippen LogP) is 4.90. The summed E-state index contributed by atoms with van der Waals surface area (Å²) < 4.78 is 92.6. The van der Waals surface area contributed by atoms with E-state index >= 15 is 0 Å². The Labute approximate surface area is 210 Å². The molecule has 37 heavy (non-hydrogen) atoms. The maximum absolute atomic E-state index is 13.7. The zero-order valence-corrected chi connectivity index (χ0v) is 20.0. The van der Waals surface area contributed by atoms with Crippen LogP contribution >= 0.6 is 11.3 Å². The Morgan fingerprint density at radius 2 is 1.73 bits per heavy atom. The van der Waals surface area contributed by atoms with Crippen molar-refractivity contribution in [1.82, 2.24) is 9.71 Å². The van der Waals surface area contributed by atoms with Gasteiger partial charge in [0.25, 0.3) is 10.0 Å². The van der Waals surface area contributed by atoms with Crippen LogP contribution in [0, 0.1) is 23.5 Å². The first-order valence-corrected chi connectivity index (χ1v) is 12.6. The first kappa shape index (κ1) is 26.3. The van der Waals surface area contributed by atoms with Gasteiger partial charge in [-0.1, -0.05) is 11.8 Å². The number of carbonyl (C=O) groups is 1. The summed E-state index contributed by atoms with van der Waals surface area (Å²) >= 11 is 0.740. The van der Waals surface area contributed by atoms with Crippen LogP contribution in [0.3, 0.4) is 0 Å². The van der Waals surface area contributed by atoms with Crippen molar-refractivity contribution in [2.24, 2.45) is 0 Å². The second kappa shape index (κ2) is 9.97. The molecule has 0 aliphatic rings. The summed E-state index contributed by atoms with van der Waals surface area (Å²) in [6.45, 7) is 0. The molecule has 2 heterocycles. The van der Waals surface area contributed by atoms with Crippen LogP contribution in [0.5, 0.6) is 0 Å². The molecule has 13 heteroatoms. The normalized spacial score (nSPS) is 12.8. The monoisotopic (exact) mass is 554 g/mol. The number of H-pyrrole nitrogens is 1. The van der Waals surface area contributed by atoms with E-state index in [4.69, 9.17) is 0 Å². The summed E-state index contributed by atoms with van der Waals surface area (Å²) in [5.74, 6) is 1.59. The van der Waals surface area contributed by atoms with Crippen LogP contribution in [0.25, 0.3) is 10.9 Å². The third-order valence-electron chi connectivity index (χ3n) is 5.22. The van der Waals surface area contributed by atoms with Crippen LogP contribution in [0.2, 0.25) is 0 Å². The van der Waals surface area contributed by atoms with E-state index in [1.165, 1.54) is 30.5 Å². The Hall–Kier alpha value is -3.73. The highest BCUT2D eigenvalue weighted by Crippen LogP contribution is 2.29. The topological polar surface area (TPSA) is 99.3 Å². The van der Waals surface area contributed by atoms with Gasteiger partial charge in [-0.15, -0.1) is 11.3 Å². The minimum atomic E-state index is -4.48. The standard InChI is InChI=1S/C24H15F5N2O4S2/c25-18-10-17-14(12-30-20(17)11-19(18)26)9-21(23(32)33)31-37(34,35)22-8-7-16(36-22)6-3-13-1-4-15(5-2-13)24(27,28)29/h1-2,4-5,7-8,10-12,21,30-31H,9H2,(H,32,33). The van der Waals surface area contributed by atoms with Gasteiger partial charge in [-0.2, -0.15) is 17.9 Å². The number of carboxylic acids is 1. The van der Waals surface area contributed by atoms with Gasteiger partial charge < -0.3 is 10.1 Å². The minimum absolute atomic E-state index is 0.210. The summed E-state index contributed by atoms with van der Waals surface area (Å²) in [4.78, 5) is 14.8. The zero-order chi connectivity index (χ0) is 27.0. The molecule has 0 bridgehead atoms. The molecule has 0 fully saturated rings. The maximum Gasteiger partial charge on any atom is 0.416 e. The molecule has 0 amide bonds. The Morgan fingerprint density at radius 1 is 1.05 bits per heavy atom. The smallest absolute Gasteiger partial charge is 0.416 e. The Morgan fingerprint density at radius 3 is 2.38 bits per heavy atom. The second-order valence-electron chi connectivity index (χ2n) is 7.79. The van der Waals surface area contributed by atoms with E-state index in [1.54, 1.807) is 0 Å². The number of rotatable bonds is 6. The van der Waals surface area contributed by atoms with Crippen LogP contribution in [0.1, 0.15) is 21.6 Å². The van der Waals surface area contributed by atoms with Crippen molar-refractivity contribution >= 4 is 38.2 Å². The number of nitrogens with one attached hydrogen (secondary N) is 2. The van der Waals surface area contributed by atoms with E-state index < -0.39 is 45.4 Å². The van der Waals surface area contributed by atoms with Crippen molar-refractivity contribution in [3.8, 4) is 11.8 Å². The molecule has 6 nitrogen and oxygen atoms in total. The number of hydrogen-bond acceptors (Lipinski definition) is 4. The Bertz CT molecular complexity index is 1650. The second-order valence-corrected chi connectivity index (χ2v) is 10.8. The van der Waals surface area contributed by atoms with E-state index in [-0.39, 0.29) is 37.5 Å². The largest absolute Gasteiger partial charge is 0.480 e. The third-order valence-corrected chi connectivity index (χ3v) is 8.18. The SMILES string of the molecule is O=C(O)C(Cc1c[nH]c2cc(F)c(F)cc12)NS(=O)(=O)c1ccc(C#Cc2ccc(C(F)(F)F)cc2)s1. The number of alkyl halides is 3. The summed E-state index contributed by atoms with van der Waals surface area (Å²) in [6, 6.07) is 6.90. The van der Waals surface area contributed by atoms with Crippen LogP contribution in [0.15, 0.2) is 58.9 Å². The lowest BCUT2D eigenvalue weighted by atomic mass is 10.1. The highest BCUT2D eigenvalue weighted by molar-refractivity contribution is 7.91. The van der Waals surface area contributed by atoms with E-state index in [0.717, 1.165) is 35.6 Å². The van der Waals surface area contributed by atoms with Gasteiger partial charge in [0, 0.05) is 35.2 Å². The van der Waals surface area contributed by atoms with Gasteiger partial charge in [0.2, 0.25) is 0 Å². The van der Waals surface area contributed by atoms with E-state index in [2.05, 4.69) is 21.5 Å². The van der Waals surface area contributed by atoms with Gasteiger partial charge in [-0.05, 0) is 48.0 Å². The molecule has 2 aromatic carbocycles. The molecule has 192 valence electrons. The molecule has 2 aromatic heterocycles. The quantitative estimate of drug-likeness (QED) is 0.233. The van der Waals surface area contributed by atoms with Crippen molar-refractivity contribution in [3.05, 3.63) is 87.9 Å². The molecule has 4 rings (SSSR count). The number of aromatic nitrogens is 1. The van der Waals surface area contributed by atoms with Crippen molar-refractivity contribution in [2.75, 3.05) is 0 Å². The number of carboxylic acid groups (broad SMARTS) is 1. The number of thiophene rings is 1. The fourth-order valence-corrected chi connectivity index (χ4v) is 5.76. The lowest BCUT2D eigenvalue weighted by Gasteiger charge is -2.13. The third kappa shape index (κ3) is 5.99. The van der Waals surface area contributed by atoms with Gasteiger partial charge in [-0.3, -0.25) is 4.79 Å². The van der Waals surface area contributed by atoms with Gasteiger partial charge in [0.1, 0.15) is 10.3 Å². The molecular weight excluding hydrogens is 539 g/mol. The molecule has 1 atom stereocenters. The number of hydrogen-bond donors (Lipinski definition) is 3. The lowest BCUT2D eigenvalue weighted by Crippen LogP contribution is -2.42. The average Bonchev–Trinajstić information content (AvgIpc) is 3.45. The van der Waals surface area contributed by atoms with Crippen molar-refractivity contribution in [1.29, 1.82) is 0 Å². The van der Waals surface area contributed by atoms with E-state index in [0.29, 0.717) is 0 Å². The number of aliphatic carboxylic acids is 1. The van der Waals surface area contributed by atoms with E-state index in [9.17, 15) is 40.3 Å². The molecule has 0 saturated heterocycles. The minimum Gasteiger partial charge on any atom is -0.480 e. The van der Waals surface area contributed by atoms with Crippen molar-refractivity contribution in [2.45, 2.75) is 22.8 Å². The van der Waals surface area contributed by atoms with Crippen LogP contribution < -0.4 is 4.72 Å². The van der Waals surface area contributed by atoms with Gasteiger partial charge in [0.15, 0.2) is 11.6 Å². The van der Waals surface area contributed by atoms with Gasteiger partial charge in [-0.25, -0.2) is 17.2 Å². The lowest BCUT2D eigenvalue weighted by molar-refractivity contribution is -0.139. The van der Waals surface area contributed by atoms with Gasteiger partial charge >= 0.3 is 12.1 Å². The first-order chi connectivity index (χ1) is 17.3. The van der Waals surface area contributed by atoms with E-state index in [1.807, 2.05) is 0 Å². The van der Waals surface area contributed by atoms with Crippen molar-refractivity contribution in [3.63, 3.8) is 0 Å². The molecule has 4 aromatic rings. The molecule has 3 N–H and O–H groups in total. The molecule has 0 spiro atoms. The highest BCUT2D eigenvalue weighted by Gasteiger charge is 2.30. The molecule has 0 saturated carbocycles. The average molecular weight is 555 g/mol. The van der Waals surface area contributed by atoms with Crippen molar-refractivity contribution < 1.29 is 40.3 Å². The first-order valence-electron chi connectivity index (χ1n) is 10.3. The van der Waals surface area contributed by atoms with Crippen LogP contribution in [0.4, 0.5) is 22.0 Å². The summed E-state index contributed by atoms with van der Waals surface area (Å²) in [6.07, 6.45) is -3.49. The molecule has 0 aliphatic heterocycles.